The van der Waals surface area contributed by atoms with Crippen molar-refractivity contribution in [1.29, 1.82) is 0 Å². The molecule has 1 rings (SSSR count). The summed E-state index contributed by atoms with van der Waals surface area (Å²) in [6, 6.07) is 7.73. The molecule has 1 aromatic rings. The molecule has 0 fully saturated rings. The summed E-state index contributed by atoms with van der Waals surface area (Å²) in [5.41, 5.74) is 0.669. The average molecular weight is 291 g/mol. The van der Waals surface area contributed by atoms with E-state index in [0.29, 0.717) is 5.49 Å². The molecule has 0 aromatic heterocycles. The Morgan fingerprint density at radius 2 is 1.61 bits per heavy atom. The highest BCUT2D eigenvalue weighted by atomic mass is 32.2. The first-order valence-corrected chi connectivity index (χ1v) is 8.64. The van der Waals surface area contributed by atoms with Gasteiger partial charge in [0.1, 0.15) is 0 Å². The maximum Gasteiger partial charge on any atom is 0.201 e. The minimum absolute atomic E-state index is 0.0598. The minimum atomic E-state index is -3.80. The first kappa shape index (κ1) is 15.4. The van der Waals surface area contributed by atoms with E-state index in [-0.39, 0.29) is 18.1 Å². The molecule has 1 aromatic carbocycles. The van der Waals surface area contributed by atoms with Crippen molar-refractivity contribution in [1.82, 2.24) is 0 Å². The Bertz CT molecular complexity index is 501. The Morgan fingerprint density at radius 3 is 2.06 bits per heavy atom. The van der Waals surface area contributed by atoms with Crippen LogP contribution in [0.4, 0.5) is 0 Å². The van der Waals surface area contributed by atoms with Crippen LogP contribution in [-0.4, -0.2) is 21.6 Å². The molecule has 0 aliphatic rings. The van der Waals surface area contributed by atoms with E-state index in [9.17, 15) is 13.0 Å². The summed E-state index contributed by atoms with van der Waals surface area (Å²) in [6.45, 7) is 3.46. The van der Waals surface area contributed by atoms with Crippen molar-refractivity contribution in [3.05, 3.63) is 35.8 Å². The highest BCUT2D eigenvalue weighted by molar-refractivity contribution is 8.00. The zero-order valence-corrected chi connectivity index (χ0v) is 12.0. The zero-order chi connectivity index (χ0) is 13.6. The molecular weight excluding hydrogens is 275 g/mol. The van der Waals surface area contributed by atoms with Crippen LogP contribution < -0.4 is 0 Å². The lowest BCUT2D eigenvalue weighted by atomic mass is 10.4. The molecule has 0 radical (unpaired) electrons. The molecule has 0 aliphatic heterocycles. The van der Waals surface area contributed by atoms with Crippen molar-refractivity contribution >= 4 is 17.4 Å². The first-order chi connectivity index (χ1) is 8.43. The predicted molar refractivity (Wildman–Crippen MR) is 68.8 cm³/mol. The Kier molecular flexibility index (Phi) is 5.53. The Hall–Kier alpha value is -0.680. The Labute approximate surface area is 108 Å². The van der Waals surface area contributed by atoms with Gasteiger partial charge in [0.05, 0.1) is 23.1 Å². The molecular formula is C11H16O5PS-. The van der Waals surface area contributed by atoms with Gasteiger partial charge >= 0.3 is 0 Å². The van der Waals surface area contributed by atoms with Crippen LogP contribution in [0.5, 0.6) is 0 Å². The van der Waals surface area contributed by atoms with Gasteiger partial charge in [-0.05, 0) is 26.0 Å². The Balaban J connectivity index is 2.97. The van der Waals surface area contributed by atoms with E-state index in [1.807, 2.05) is 0 Å². The topological polar surface area (TPSA) is 69.7 Å². The van der Waals surface area contributed by atoms with Crippen LogP contribution in [0.1, 0.15) is 13.8 Å². The second-order valence-corrected chi connectivity index (χ2v) is 7.34. The van der Waals surface area contributed by atoms with Crippen molar-refractivity contribution in [3.8, 4) is 0 Å². The summed E-state index contributed by atoms with van der Waals surface area (Å²) in [4.78, 5) is 0.0598. The van der Waals surface area contributed by atoms with Gasteiger partial charge in [0.15, 0.2) is 0 Å². The number of sulfone groups is 1. The lowest BCUT2D eigenvalue weighted by Crippen LogP contribution is -2.06. The van der Waals surface area contributed by atoms with Crippen LogP contribution in [0.3, 0.4) is 0 Å². The van der Waals surface area contributed by atoms with Crippen LogP contribution in [0.2, 0.25) is 0 Å². The maximum atomic E-state index is 12.1. The van der Waals surface area contributed by atoms with Crippen LogP contribution in [-0.2, 0) is 23.4 Å². The monoisotopic (exact) mass is 291 g/mol. The lowest BCUT2D eigenvalue weighted by molar-refractivity contribution is 0.227. The molecule has 0 spiro atoms. The van der Waals surface area contributed by atoms with Crippen molar-refractivity contribution < 1.29 is 22.0 Å². The molecule has 0 atom stereocenters. The van der Waals surface area contributed by atoms with Crippen LogP contribution in [0.15, 0.2) is 35.2 Å². The molecule has 0 saturated heterocycles. The van der Waals surface area contributed by atoms with E-state index in [0.717, 1.165) is 0 Å². The summed E-state index contributed by atoms with van der Waals surface area (Å²) in [5.74, 6) is 0. The number of hydrogen-bond donors (Lipinski definition) is 0. The third kappa shape index (κ3) is 4.21. The fraction of sp³-hybridized carbons (Fsp3) is 0.364. The van der Waals surface area contributed by atoms with Gasteiger partial charge in [0, 0.05) is 4.90 Å². The highest BCUT2D eigenvalue weighted by Crippen LogP contribution is 2.53. The van der Waals surface area contributed by atoms with Crippen molar-refractivity contribution in [2.24, 2.45) is 0 Å². The molecule has 0 bridgehead atoms. The van der Waals surface area contributed by atoms with E-state index in [1.54, 1.807) is 32.0 Å². The number of benzene rings is 1. The summed E-state index contributed by atoms with van der Waals surface area (Å²) in [6.07, 6.45) is 0. The Morgan fingerprint density at radius 1 is 1.11 bits per heavy atom. The summed E-state index contributed by atoms with van der Waals surface area (Å²) < 4.78 is 46.0. The van der Waals surface area contributed by atoms with E-state index in [1.165, 1.54) is 12.1 Å². The van der Waals surface area contributed by atoms with E-state index >= 15 is 0 Å². The summed E-state index contributed by atoms with van der Waals surface area (Å²) in [7, 11) is -7.52. The molecule has 0 saturated carbocycles. The standard InChI is InChI=1S/C11H16O5PS/c1-3-15-17(12,16-4-2)10-18(13,14)11-8-6-5-7-9-11/h5-10H,3-4H2,1-2H3/q-1. The van der Waals surface area contributed by atoms with Gasteiger partial charge in [-0.2, -0.15) is 0 Å². The third-order valence-electron chi connectivity index (χ3n) is 1.96. The second kappa shape index (κ2) is 6.48. The quantitative estimate of drug-likeness (QED) is 0.570. The first-order valence-electron chi connectivity index (χ1n) is 5.48. The largest absolute Gasteiger partial charge is 0.331 e. The fourth-order valence-corrected chi connectivity index (χ4v) is 4.96. The van der Waals surface area contributed by atoms with E-state index in [4.69, 9.17) is 9.05 Å². The van der Waals surface area contributed by atoms with Gasteiger partial charge in [0.2, 0.25) is 7.60 Å². The van der Waals surface area contributed by atoms with Crippen molar-refractivity contribution in [3.63, 3.8) is 0 Å². The lowest BCUT2D eigenvalue weighted by Gasteiger charge is -2.25. The molecule has 0 amide bonds. The van der Waals surface area contributed by atoms with Gasteiger partial charge in [-0.15, -0.1) is 0 Å². The van der Waals surface area contributed by atoms with Gasteiger partial charge in [0.25, 0.3) is 0 Å². The van der Waals surface area contributed by atoms with Crippen molar-refractivity contribution in [2.75, 3.05) is 13.2 Å². The molecule has 102 valence electrons. The summed E-state index contributed by atoms with van der Waals surface area (Å²) >= 11 is 0. The van der Waals surface area contributed by atoms with Crippen LogP contribution >= 0.6 is 7.60 Å². The summed E-state index contributed by atoms with van der Waals surface area (Å²) in [5, 5.41) is 0. The predicted octanol–water partition coefficient (Wildman–Crippen LogP) is 2.85. The third-order valence-corrected chi connectivity index (χ3v) is 6.27. The van der Waals surface area contributed by atoms with E-state index in [2.05, 4.69) is 0 Å². The molecule has 7 heteroatoms. The SMILES string of the molecule is CCOP(=O)([CH-]S(=O)(=O)c1ccccc1)OCC. The second-order valence-electron chi connectivity index (χ2n) is 3.34. The normalized spacial score (nSPS) is 12.6. The van der Waals surface area contributed by atoms with E-state index < -0.39 is 17.4 Å². The molecule has 18 heavy (non-hydrogen) atoms. The fourth-order valence-electron chi connectivity index (χ4n) is 1.30. The molecule has 0 heterocycles. The van der Waals surface area contributed by atoms with Gasteiger partial charge < -0.3 is 9.05 Å². The number of hydrogen-bond acceptors (Lipinski definition) is 5. The van der Waals surface area contributed by atoms with Gasteiger partial charge in [-0.25, -0.2) is 0 Å². The number of rotatable bonds is 7. The van der Waals surface area contributed by atoms with Crippen molar-refractivity contribution in [2.45, 2.75) is 18.7 Å². The molecule has 0 N–H and O–H groups in total. The van der Waals surface area contributed by atoms with Crippen LogP contribution in [0.25, 0.3) is 0 Å². The maximum absolute atomic E-state index is 12.1. The minimum Gasteiger partial charge on any atom is -0.331 e. The average Bonchev–Trinajstić information content (AvgIpc) is 2.29. The smallest absolute Gasteiger partial charge is 0.201 e. The van der Waals surface area contributed by atoms with Gasteiger partial charge in [-0.3, -0.25) is 13.0 Å². The molecule has 0 unspecified atom stereocenters. The zero-order valence-electron chi connectivity index (χ0n) is 10.3. The highest BCUT2D eigenvalue weighted by Gasteiger charge is 2.20. The molecule has 0 aliphatic carbocycles. The van der Waals surface area contributed by atoms with Gasteiger partial charge in [-0.1, -0.05) is 23.7 Å². The van der Waals surface area contributed by atoms with Crippen LogP contribution in [0, 0.1) is 5.49 Å². The molecule has 5 nitrogen and oxygen atoms in total.